The largest absolute Gasteiger partial charge is 0.416 e. The first-order chi connectivity index (χ1) is 13.1. The van der Waals surface area contributed by atoms with Crippen LogP contribution in [0.5, 0.6) is 0 Å². The van der Waals surface area contributed by atoms with Crippen LogP contribution in [0.4, 0.5) is 13.2 Å². The quantitative estimate of drug-likeness (QED) is 0.652. The lowest BCUT2D eigenvalue weighted by atomic mass is 9.70. The lowest BCUT2D eigenvalue weighted by Gasteiger charge is -2.34. The number of allylic oxidation sites excluding steroid dienone is 4. The fraction of sp³-hybridized carbons (Fsp3) is 0.273. The summed E-state index contributed by atoms with van der Waals surface area (Å²) >= 11 is 0. The second kappa shape index (κ2) is 6.34. The van der Waals surface area contributed by atoms with E-state index in [2.05, 4.69) is 12.2 Å². The number of hydrogen-bond acceptors (Lipinski definition) is 2. The first kappa shape index (κ1) is 19.0. The zero-order chi connectivity index (χ0) is 20.2. The Balaban J connectivity index is 1.74. The fourth-order valence-corrected chi connectivity index (χ4v) is 4.47. The van der Waals surface area contributed by atoms with E-state index in [9.17, 15) is 21.6 Å². The summed E-state index contributed by atoms with van der Waals surface area (Å²) in [7, 11) is -3.28. The van der Waals surface area contributed by atoms with Gasteiger partial charge in [-0.2, -0.15) is 13.2 Å². The Morgan fingerprint density at radius 2 is 1.29 bits per heavy atom. The fourth-order valence-electron chi connectivity index (χ4n) is 3.84. The summed E-state index contributed by atoms with van der Waals surface area (Å²) in [4.78, 5) is 0.244. The zero-order valence-corrected chi connectivity index (χ0v) is 16.1. The number of halogens is 3. The van der Waals surface area contributed by atoms with Crippen LogP contribution >= 0.6 is 0 Å². The van der Waals surface area contributed by atoms with Gasteiger partial charge in [0.05, 0.1) is 10.5 Å². The summed E-state index contributed by atoms with van der Waals surface area (Å²) in [5, 5.41) is 0. The van der Waals surface area contributed by atoms with Crippen LogP contribution < -0.4 is 0 Å². The molecule has 2 aliphatic carbocycles. The lowest BCUT2D eigenvalue weighted by Crippen LogP contribution is -2.22. The third-order valence-electron chi connectivity index (χ3n) is 5.55. The van der Waals surface area contributed by atoms with E-state index < -0.39 is 21.6 Å². The molecule has 0 N–H and O–H groups in total. The van der Waals surface area contributed by atoms with Gasteiger partial charge in [0.25, 0.3) is 0 Å². The molecule has 0 amide bonds. The predicted octanol–water partition coefficient (Wildman–Crippen LogP) is 5.76. The number of rotatable bonds is 3. The molecule has 2 nitrogen and oxygen atoms in total. The molecule has 0 aromatic heterocycles. The van der Waals surface area contributed by atoms with Crippen LogP contribution in [-0.2, 0) is 16.0 Å². The summed E-state index contributed by atoms with van der Waals surface area (Å²) in [5.74, 6) is 0. The normalized spacial score (nSPS) is 18.6. The van der Waals surface area contributed by atoms with Gasteiger partial charge in [-0.3, -0.25) is 0 Å². The van der Waals surface area contributed by atoms with Gasteiger partial charge in [-0.05, 0) is 59.4 Å². The highest BCUT2D eigenvalue weighted by molar-refractivity contribution is 7.90. The number of sulfone groups is 1. The van der Waals surface area contributed by atoms with Gasteiger partial charge in [0.2, 0.25) is 0 Å². The third-order valence-corrected chi connectivity index (χ3v) is 6.68. The number of benzene rings is 2. The van der Waals surface area contributed by atoms with E-state index in [1.165, 1.54) is 12.1 Å². The smallest absolute Gasteiger partial charge is 0.224 e. The van der Waals surface area contributed by atoms with E-state index in [0.29, 0.717) is 0 Å². The van der Waals surface area contributed by atoms with Gasteiger partial charge in [0.1, 0.15) is 0 Å². The van der Waals surface area contributed by atoms with E-state index in [4.69, 9.17) is 0 Å². The molecule has 0 aliphatic heterocycles. The van der Waals surface area contributed by atoms with Gasteiger partial charge in [-0.15, -0.1) is 0 Å². The Morgan fingerprint density at radius 1 is 0.821 bits per heavy atom. The molecule has 146 valence electrons. The first-order valence-electron chi connectivity index (χ1n) is 9.02. The van der Waals surface area contributed by atoms with Crippen molar-refractivity contribution < 1.29 is 21.6 Å². The molecule has 2 aromatic carbocycles. The maximum atomic E-state index is 12.9. The Hall–Kier alpha value is -2.34. The average molecular weight is 404 g/mol. The Labute approximate surface area is 162 Å². The first-order valence-corrected chi connectivity index (χ1v) is 10.9. The summed E-state index contributed by atoms with van der Waals surface area (Å²) in [6.45, 7) is 0. The molecule has 4 rings (SSSR count). The van der Waals surface area contributed by atoms with Crippen LogP contribution in [0, 0.1) is 5.41 Å². The number of hydrogen-bond donors (Lipinski definition) is 0. The molecule has 1 saturated carbocycles. The van der Waals surface area contributed by atoms with Crippen molar-refractivity contribution in [2.24, 2.45) is 5.41 Å². The highest BCUT2D eigenvalue weighted by Gasteiger charge is 2.38. The van der Waals surface area contributed by atoms with E-state index in [-0.39, 0.29) is 10.3 Å². The van der Waals surface area contributed by atoms with Crippen LogP contribution in [0.15, 0.2) is 65.6 Å². The molecule has 0 saturated heterocycles. The van der Waals surface area contributed by atoms with Crippen molar-refractivity contribution in [1.82, 2.24) is 0 Å². The Kier molecular flexibility index (Phi) is 4.30. The molecule has 2 aromatic rings. The molecule has 0 heterocycles. The Morgan fingerprint density at radius 3 is 1.64 bits per heavy atom. The van der Waals surface area contributed by atoms with Crippen molar-refractivity contribution in [1.29, 1.82) is 0 Å². The minimum absolute atomic E-state index is 0.0388. The van der Waals surface area contributed by atoms with Gasteiger partial charge >= 0.3 is 6.18 Å². The summed E-state index contributed by atoms with van der Waals surface area (Å²) in [5.41, 5.74) is 2.73. The maximum absolute atomic E-state index is 12.9. The molecule has 0 bridgehead atoms. The van der Waals surface area contributed by atoms with Crippen LogP contribution in [0.25, 0.3) is 11.1 Å². The van der Waals surface area contributed by atoms with Gasteiger partial charge in [-0.1, -0.05) is 42.8 Å². The highest BCUT2D eigenvalue weighted by atomic mass is 32.2. The molecular weight excluding hydrogens is 385 g/mol. The van der Waals surface area contributed by atoms with Crippen molar-refractivity contribution in [3.8, 4) is 0 Å². The summed E-state index contributed by atoms with van der Waals surface area (Å²) < 4.78 is 62.1. The predicted molar refractivity (Wildman–Crippen MR) is 103 cm³/mol. The number of alkyl halides is 3. The van der Waals surface area contributed by atoms with E-state index in [1.54, 1.807) is 24.3 Å². The molecule has 0 unspecified atom stereocenters. The highest BCUT2D eigenvalue weighted by Crippen LogP contribution is 2.54. The second-order valence-corrected chi connectivity index (χ2v) is 9.59. The molecule has 1 fully saturated rings. The van der Waals surface area contributed by atoms with Crippen LogP contribution in [-0.4, -0.2) is 14.7 Å². The molecule has 6 heteroatoms. The molecular formula is C22H19F3O2S. The van der Waals surface area contributed by atoms with Crippen LogP contribution in [0.2, 0.25) is 0 Å². The van der Waals surface area contributed by atoms with Crippen LogP contribution in [0.3, 0.4) is 0 Å². The SMILES string of the molecule is CS(=O)(=O)c1ccc(C2=CC3(C=C2c2ccc(C(F)(F)F)cc2)CCC3)cc1. The van der Waals surface area contributed by atoms with Crippen LogP contribution in [0.1, 0.15) is 36.0 Å². The molecule has 2 aliphatic rings. The van der Waals surface area contributed by atoms with Crippen molar-refractivity contribution in [3.63, 3.8) is 0 Å². The topological polar surface area (TPSA) is 34.1 Å². The molecule has 1 spiro atoms. The average Bonchev–Trinajstić information content (AvgIpc) is 3.02. The zero-order valence-electron chi connectivity index (χ0n) is 15.3. The van der Waals surface area contributed by atoms with Crippen molar-refractivity contribution in [3.05, 3.63) is 77.4 Å². The van der Waals surface area contributed by atoms with Gasteiger partial charge < -0.3 is 0 Å². The maximum Gasteiger partial charge on any atom is 0.416 e. The van der Waals surface area contributed by atoms with Gasteiger partial charge in [0.15, 0.2) is 9.84 Å². The van der Waals surface area contributed by atoms with E-state index in [1.807, 2.05) is 0 Å². The Bertz CT molecular complexity index is 1070. The second-order valence-electron chi connectivity index (χ2n) is 7.57. The monoisotopic (exact) mass is 404 g/mol. The van der Waals surface area contributed by atoms with E-state index >= 15 is 0 Å². The van der Waals surface area contributed by atoms with Gasteiger partial charge in [-0.25, -0.2) is 8.42 Å². The molecule has 0 atom stereocenters. The van der Waals surface area contributed by atoms with Crippen molar-refractivity contribution >= 4 is 21.0 Å². The van der Waals surface area contributed by atoms with Gasteiger partial charge in [0, 0.05) is 11.7 Å². The molecule has 28 heavy (non-hydrogen) atoms. The minimum Gasteiger partial charge on any atom is -0.224 e. The minimum atomic E-state index is -4.36. The van der Waals surface area contributed by atoms with Crippen molar-refractivity contribution in [2.75, 3.05) is 6.26 Å². The molecule has 0 radical (unpaired) electrons. The van der Waals surface area contributed by atoms with Crippen molar-refractivity contribution in [2.45, 2.75) is 30.3 Å². The van der Waals surface area contributed by atoms with E-state index in [0.717, 1.165) is 59.9 Å². The lowest BCUT2D eigenvalue weighted by molar-refractivity contribution is -0.137. The third kappa shape index (κ3) is 3.41. The standard InChI is InChI=1S/C22H19F3O2S/c1-28(26,27)18-9-5-16(6-10-18)20-14-21(11-2-12-21)13-19(20)15-3-7-17(8-4-15)22(23,24)25/h3-10,13-14H,2,11-12H2,1H3. The summed E-state index contributed by atoms with van der Waals surface area (Å²) in [6.07, 6.45) is 4.28. The summed E-state index contributed by atoms with van der Waals surface area (Å²) in [6, 6.07) is 11.9.